The minimum atomic E-state index is -0.533. The minimum Gasteiger partial charge on any atom is -0.497 e. The van der Waals surface area contributed by atoms with Crippen LogP contribution in [0.25, 0.3) is 6.08 Å². The molecule has 7 heteroatoms. The fourth-order valence-corrected chi connectivity index (χ4v) is 3.66. The number of ether oxygens (including phenoxy) is 1. The molecular weight excluding hydrogens is 352 g/mol. The molecule has 2 aromatic carbocycles. The molecule has 2 amide bonds. The molecule has 0 fully saturated rings. The SMILES string of the molecule is COc1ccc(C=C2Sc3ccccc3N(CCC(=O)NO)C2=O)cc1. The Balaban J connectivity index is 1.91. The number of anilines is 1. The van der Waals surface area contributed by atoms with Crippen LogP contribution in [0.15, 0.2) is 58.3 Å². The number of hydrogen-bond acceptors (Lipinski definition) is 5. The van der Waals surface area contributed by atoms with E-state index < -0.39 is 5.91 Å². The van der Waals surface area contributed by atoms with Crippen molar-refractivity contribution in [3.63, 3.8) is 0 Å². The van der Waals surface area contributed by atoms with Crippen molar-refractivity contribution in [3.05, 3.63) is 59.0 Å². The van der Waals surface area contributed by atoms with Crippen LogP contribution >= 0.6 is 11.8 Å². The first-order valence-electron chi connectivity index (χ1n) is 8.00. The molecule has 2 aromatic rings. The summed E-state index contributed by atoms with van der Waals surface area (Å²) in [5.41, 5.74) is 3.24. The van der Waals surface area contributed by atoms with Crippen molar-refractivity contribution in [3.8, 4) is 5.75 Å². The number of thioether (sulfide) groups is 1. The summed E-state index contributed by atoms with van der Waals surface area (Å²) in [5.74, 6) is 0.0428. The Hall–Kier alpha value is -2.77. The van der Waals surface area contributed by atoms with Gasteiger partial charge < -0.3 is 9.64 Å². The fraction of sp³-hybridized carbons (Fsp3) is 0.158. The average molecular weight is 370 g/mol. The van der Waals surface area contributed by atoms with Crippen LogP contribution in [0.3, 0.4) is 0 Å². The third-order valence-corrected chi connectivity index (χ3v) is 5.01. The molecule has 0 saturated carbocycles. The summed E-state index contributed by atoms with van der Waals surface area (Å²) in [6.45, 7) is 0.183. The number of carbonyl (C=O) groups is 2. The molecule has 0 bridgehead atoms. The van der Waals surface area contributed by atoms with Crippen LogP contribution in [0.2, 0.25) is 0 Å². The van der Waals surface area contributed by atoms with Crippen molar-refractivity contribution in [2.24, 2.45) is 0 Å². The monoisotopic (exact) mass is 370 g/mol. The Morgan fingerprint density at radius 3 is 2.65 bits per heavy atom. The van der Waals surface area contributed by atoms with Crippen LogP contribution < -0.4 is 15.1 Å². The van der Waals surface area contributed by atoms with E-state index in [1.165, 1.54) is 11.8 Å². The second-order valence-corrected chi connectivity index (χ2v) is 6.68. The van der Waals surface area contributed by atoms with Gasteiger partial charge in [0, 0.05) is 17.9 Å². The van der Waals surface area contributed by atoms with E-state index in [4.69, 9.17) is 9.94 Å². The Kier molecular flexibility index (Phi) is 5.60. The Labute approximate surface area is 155 Å². The molecule has 0 atom stereocenters. The first-order chi connectivity index (χ1) is 12.6. The van der Waals surface area contributed by atoms with Gasteiger partial charge in [0.2, 0.25) is 5.91 Å². The molecule has 3 rings (SSSR count). The molecule has 134 valence electrons. The zero-order valence-electron chi connectivity index (χ0n) is 14.1. The van der Waals surface area contributed by atoms with Crippen molar-refractivity contribution in [2.45, 2.75) is 11.3 Å². The summed E-state index contributed by atoms with van der Waals surface area (Å²) in [6.07, 6.45) is 1.83. The normalized spacial score (nSPS) is 14.9. The summed E-state index contributed by atoms with van der Waals surface area (Å²) in [4.78, 5) is 27.4. The topological polar surface area (TPSA) is 78.9 Å². The number of nitrogens with one attached hydrogen (secondary N) is 1. The van der Waals surface area contributed by atoms with E-state index in [-0.39, 0.29) is 18.9 Å². The van der Waals surface area contributed by atoms with E-state index in [1.54, 1.807) is 17.5 Å². The van der Waals surface area contributed by atoms with Gasteiger partial charge in [-0.3, -0.25) is 14.8 Å². The van der Waals surface area contributed by atoms with E-state index in [0.717, 1.165) is 21.9 Å². The van der Waals surface area contributed by atoms with E-state index in [0.29, 0.717) is 4.91 Å². The van der Waals surface area contributed by atoms with E-state index in [9.17, 15) is 9.59 Å². The molecule has 1 aliphatic rings. The molecule has 0 spiro atoms. The van der Waals surface area contributed by atoms with Gasteiger partial charge in [0.25, 0.3) is 5.91 Å². The molecule has 1 aliphatic heterocycles. The minimum absolute atomic E-state index is 0.0110. The predicted molar refractivity (Wildman–Crippen MR) is 100 cm³/mol. The van der Waals surface area contributed by atoms with Crippen LogP contribution in [-0.2, 0) is 9.59 Å². The van der Waals surface area contributed by atoms with Crippen molar-refractivity contribution in [1.82, 2.24) is 5.48 Å². The number of hydrogen-bond donors (Lipinski definition) is 2. The van der Waals surface area contributed by atoms with Gasteiger partial charge in [-0.2, -0.15) is 0 Å². The average Bonchev–Trinajstić information content (AvgIpc) is 2.68. The van der Waals surface area contributed by atoms with Crippen LogP contribution in [0, 0.1) is 0 Å². The highest BCUT2D eigenvalue weighted by Crippen LogP contribution is 2.42. The number of hydroxylamine groups is 1. The molecule has 0 aromatic heterocycles. The highest BCUT2D eigenvalue weighted by Gasteiger charge is 2.29. The summed E-state index contributed by atoms with van der Waals surface area (Å²) in [5, 5.41) is 8.69. The largest absolute Gasteiger partial charge is 0.497 e. The van der Waals surface area contributed by atoms with Crippen LogP contribution in [0.4, 0.5) is 5.69 Å². The number of carbonyl (C=O) groups excluding carboxylic acids is 2. The van der Waals surface area contributed by atoms with Gasteiger partial charge in [0.1, 0.15) is 5.75 Å². The van der Waals surface area contributed by atoms with Crippen molar-refractivity contribution >= 4 is 35.3 Å². The zero-order chi connectivity index (χ0) is 18.5. The number of nitrogens with zero attached hydrogens (tertiary/aromatic N) is 1. The number of benzene rings is 2. The van der Waals surface area contributed by atoms with Gasteiger partial charge in [0.05, 0.1) is 17.7 Å². The third-order valence-electron chi connectivity index (χ3n) is 3.93. The number of fused-ring (bicyclic) bond motifs is 1. The molecule has 0 unspecified atom stereocenters. The Bertz CT molecular complexity index is 849. The lowest BCUT2D eigenvalue weighted by Gasteiger charge is -2.30. The number of amides is 2. The smallest absolute Gasteiger partial charge is 0.265 e. The molecule has 0 aliphatic carbocycles. The summed E-state index contributed by atoms with van der Waals surface area (Å²) in [6, 6.07) is 15.0. The van der Waals surface area contributed by atoms with Gasteiger partial charge >= 0.3 is 0 Å². The maximum atomic E-state index is 12.9. The Morgan fingerprint density at radius 1 is 1.23 bits per heavy atom. The van der Waals surface area contributed by atoms with Gasteiger partial charge in [-0.1, -0.05) is 36.0 Å². The molecule has 1 heterocycles. The van der Waals surface area contributed by atoms with Crippen LogP contribution in [0.1, 0.15) is 12.0 Å². The van der Waals surface area contributed by atoms with E-state index in [1.807, 2.05) is 54.6 Å². The zero-order valence-corrected chi connectivity index (χ0v) is 15.0. The first-order valence-corrected chi connectivity index (χ1v) is 8.81. The molecule has 26 heavy (non-hydrogen) atoms. The predicted octanol–water partition coefficient (Wildman–Crippen LogP) is 3.07. The summed E-state index contributed by atoms with van der Waals surface area (Å²) in [7, 11) is 1.60. The molecular formula is C19H18N2O4S. The van der Waals surface area contributed by atoms with Gasteiger partial charge in [0.15, 0.2) is 0 Å². The summed E-state index contributed by atoms with van der Waals surface area (Å²) >= 11 is 1.40. The molecule has 0 radical (unpaired) electrons. The van der Waals surface area contributed by atoms with Crippen molar-refractivity contribution in [2.75, 3.05) is 18.6 Å². The number of para-hydroxylation sites is 1. The molecule has 2 N–H and O–H groups in total. The van der Waals surface area contributed by atoms with Gasteiger partial charge in [-0.25, -0.2) is 5.48 Å². The van der Waals surface area contributed by atoms with Crippen LogP contribution in [-0.4, -0.2) is 30.7 Å². The maximum Gasteiger partial charge on any atom is 0.265 e. The van der Waals surface area contributed by atoms with Crippen molar-refractivity contribution < 1.29 is 19.5 Å². The number of rotatable bonds is 5. The lowest BCUT2D eigenvalue weighted by molar-refractivity contribution is -0.129. The lowest BCUT2D eigenvalue weighted by Crippen LogP contribution is -2.37. The maximum absolute atomic E-state index is 12.9. The Morgan fingerprint density at radius 2 is 1.96 bits per heavy atom. The van der Waals surface area contributed by atoms with E-state index in [2.05, 4.69) is 0 Å². The van der Waals surface area contributed by atoms with Crippen LogP contribution in [0.5, 0.6) is 5.75 Å². The van der Waals surface area contributed by atoms with Gasteiger partial charge in [-0.05, 0) is 35.9 Å². The van der Waals surface area contributed by atoms with Gasteiger partial charge in [-0.15, -0.1) is 0 Å². The highest BCUT2D eigenvalue weighted by molar-refractivity contribution is 8.04. The van der Waals surface area contributed by atoms with E-state index >= 15 is 0 Å². The highest BCUT2D eigenvalue weighted by atomic mass is 32.2. The molecule has 0 saturated heterocycles. The summed E-state index contributed by atoms with van der Waals surface area (Å²) < 4.78 is 5.15. The third kappa shape index (κ3) is 3.89. The lowest BCUT2D eigenvalue weighted by atomic mass is 10.2. The van der Waals surface area contributed by atoms with Crippen molar-refractivity contribution in [1.29, 1.82) is 0 Å². The molecule has 6 nitrogen and oxygen atoms in total. The second-order valence-electron chi connectivity index (χ2n) is 5.59. The fourth-order valence-electron chi connectivity index (χ4n) is 2.60. The number of methoxy groups -OCH3 is 1. The first kappa shape index (κ1) is 18.0. The quantitative estimate of drug-likeness (QED) is 0.480. The standard InChI is InChI=1S/C19H18N2O4S/c1-25-14-8-6-13(7-9-14)12-17-19(23)21(11-10-18(22)20-24)15-4-2-3-5-16(15)26-17/h2-9,12,24H,10-11H2,1H3,(H,20,22). The second kappa shape index (κ2) is 8.07.